The summed E-state index contributed by atoms with van der Waals surface area (Å²) in [6, 6.07) is 0. The molecule has 1 unspecified atom stereocenters. The van der Waals surface area contributed by atoms with Crippen molar-refractivity contribution in [2.24, 2.45) is 0 Å². The number of hydrogen-bond donors (Lipinski definition) is 1. The number of H-pyrrole nitrogens is 1. The Labute approximate surface area is 163 Å². The van der Waals surface area contributed by atoms with Gasteiger partial charge < -0.3 is 9.88 Å². The van der Waals surface area contributed by atoms with Crippen LogP contribution < -0.4 is 5.56 Å². The average Bonchev–Trinajstić information content (AvgIpc) is 3.47. The molecule has 2 aromatic heterocycles. The number of carbonyl (C=O) groups excluding carboxylic acids is 1. The maximum Gasteiger partial charge on any atom is 0.257 e. The lowest BCUT2D eigenvalue weighted by Gasteiger charge is -2.40. The summed E-state index contributed by atoms with van der Waals surface area (Å²) >= 11 is 0. The fraction of sp³-hybridized carbons (Fsp3) is 0.571. The predicted octanol–water partition coefficient (Wildman–Crippen LogP) is 2.17. The maximum atomic E-state index is 13.3. The van der Waals surface area contributed by atoms with Gasteiger partial charge in [-0.1, -0.05) is 0 Å². The van der Waals surface area contributed by atoms with Crippen LogP contribution in [-0.4, -0.2) is 43.8 Å². The quantitative estimate of drug-likeness (QED) is 0.863. The third-order valence-electron chi connectivity index (χ3n) is 6.66. The molecule has 5 rings (SSSR count). The van der Waals surface area contributed by atoms with Crippen LogP contribution >= 0.6 is 0 Å². The first kappa shape index (κ1) is 17.5. The minimum absolute atomic E-state index is 0.00428. The number of rotatable bonds is 2. The van der Waals surface area contributed by atoms with E-state index in [1.54, 1.807) is 0 Å². The van der Waals surface area contributed by atoms with E-state index in [9.17, 15) is 9.59 Å². The lowest BCUT2D eigenvalue weighted by atomic mass is 9.77. The maximum absolute atomic E-state index is 13.3. The minimum Gasteiger partial charge on any atom is -0.338 e. The molecule has 1 N–H and O–H groups in total. The van der Waals surface area contributed by atoms with Gasteiger partial charge in [0.15, 0.2) is 0 Å². The van der Waals surface area contributed by atoms with E-state index in [-0.39, 0.29) is 16.9 Å². The molecule has 1 spiro atoms. The molecule has 3 heterocycles. The van der Waals surface area contributed by atoms with E-state index in [0.29, 0.717) is 18.0 Å². The summed E-state index contributed by atoms with van der Waals surface area (Å²) in [5, 5.41) is 0. The molecular formula is C21H25N5O2. The number of nitrogens with one attached hydrogen (secondary N) is 1. The number of amides is 1. The van der Waals surface area contributed by atoms with E-state index in [2.05, 4.69) is 15.0 Å². The third-order valence-corrected chi connectivity index (χ3v) is 6.66. The van der Waals surface area contributed by atoms with E-state index >= 15 is 0 Å². The molecule has 2 aliphatic carbocycles. The molecule has 1 saturated carbocycles. The molecule has 28 heavy (non-hydrogen) atoms. The van der Waals surface area contributed by atoms with Gasteiger partial charge in [-0.2, -0.15) is 0 Å². The van der Waals surface area contributed by atoms with Gasteiger partial charge in [0.2, 0.25) is 0 Å². The van der Waals surface area contributed by atoms with E-state index in [4.69, 9.17) is 4.98 Å². The highest BCUT2D eigenvalue weighted by atomic mass is 16.2. The second kappa shape index (κ2) is 6.22. The highest BCUT2D eigenvalue weighted by Crippen LogP contribution is 2.45. The third kappa shape index (κ3) is 2.67. The van der Waals surface area contributed by atoms with Crippen LogP contribution in [-0.2, 0) is 11.8 Å². The Morgan fingerprint density at radius 2 is 1.96 bits per heavy atom. The Kier molecular flexibility index (Phi) is 3.89. The number of hydrogen-bond acceptors (Lipinski definition) is 5. The summed E-state index contributed by atoms with van der Waals surface area (Å²) in [4.78, 5) is 44.2. The number of fused-ring (bicyclic) bond motifs is 2. The first-order chi connectivity index (χ1) is 13.5. The molecule has 2 aromatic rings. The molecule has 1 atom stereocenters. The van der Waals surface area contributed by atoms with Crippen molar-refractivity contribution in [2.75, 3.05) is 13.1 Å². The normalized spacial score (nSPS) is 23.9. The first-order valence-electron chi connectivity index (χ1n) is 10.2. The van der Waals surface area contributed by atoms with Crippen LogP contribution in [0.15, 0.2) is 11.1 Å². The van der Waals surface area contributed by atoms with Gasteiger partial charge >= 0.3 is 0 Å². The molecule has 3 aliphatic rings. The van der Waals surface area contributed by atoms with Gasteiger partial charge in [-0.05, 0) is 52.4 Å². The fourth-order valence-electron chi connectivity index (χ4n) is 4.98. The number of aromatic amines is 1. The van der Waals surface area contributed by atoms with Crippen LogP contribution in [0.1, 0.15) is 76.8 Å². The summed E-state index contributed by atoms with van der Waals surface area (Å²) in [6.07, 6.45) is 7.24. The summed E-state index contributed by atoms with van der Waals surface area (Å²) in [5.41, 5.74) is 3.65. The van der Waals surface area contributed by atoms with Gasteiger partial charge in [0.1, 0.15) is 12.2 Å². The number of aryl methyl sites for hydroxylation is 2. The monoisotopic (exact) mass is 379 g/mol. The van der Waals surface area contributed by atoms with E-state index < -0.39 is 0 Å². The van der Waals surface area contributed by atoms with Crippen LogP contribution in [0.5, 0.6) is 0 Å². The molecule has 0 bridgehead atoms. The van der Waals surface area contributed by atoms with E-state index in [1.807, 2.05) is 18.7 Å². The molecule has 0 radical (unpaired) electrons. The lowest BCUT2D eigenvalue weighted by Crippen LogP contribution is -2.48. The molecule has 146 valence electrons. The number of likely N-dealkylation sites (tertiary alicyclic amines) is 1. The van der Waals surface area contributed by atoms with Crippen molar-refractivity contribution >= 4 is 5.91 Å². The number of carbonyl (C=O) groups is 1. The molecule has 2 fully saturated rings. The molecule has 1 aliphatic heterocycles. The standard InChI is InChI=1S/C21H25N5O2/c1-12-16(13(2)23-11-22-12)20(28)26-9-3-7-21(10-26)8-6-15-17(21)24-18(14-4-5-14)25-19(15)27/h11,14H,3-10H2,1-2H3,(H,24,25,27). The average molecular weight is 379 g/mol. The Hall–Kier alpha value is -2.57. The Bertz CT molecular complexity index is 1010. The fourth-order valence-corrected chi connectivity index (χ4v) is 4.98. The van der Waals surface area contributed by atoms with Crippen molar-refractivity contribution in [1.82, 2.24) is 24.8 Å². The van der Waals surface area contributed by atoms with Gasteiger partial charge in [0.05, 0.1) is 22.6 Å². The van der Waals surface area contributed by atoms with Crippen molar-refractivity contribution in [3.63, 3.8) is 0 Å². The zero-order chi connectivity index (χ0) is 19.5. The molecule has 0 aromatic carbocycles. The highest BCUT2D eigenvalue weighted by molar-refractivity contribution is 5.96. The first-order valence-corrected chi connectivity index (χ1v) is 10.2. The van der Waals surface area contributed by atoms with Crippen molar-refractivity contribution < 1.29 is 4.79 Å². The molecule has 1 amide bonds. The second-order valence-corrected chi connectivity index (χ2v) is 8.58. The van der Waals surface area contributed by atoms with Crippen molar-refractivity contribution in [1.29, 1.82) is 0 Å². The lowest BCUT2D eigenvalue weighted by molar-refractivity contribution is 0.0630. The zero-order valence-corrected chi connectivity index (χ0v) is 16.4. The van der Waals surface area contributed by atoms with E-state index in [0.717, 1.165) is 73.5 Å². The SMILES string of the molecule is Cc1ncnc(C)c1C(=O)N1CCCC2(CCc3c2nc(C2CC2)[nH]c3=O)C1. The summed E-state index contributed by atoms with van der Waals surface area (Å²) in [5.74, 6) is 1.25. The van der Waals surface area contributed by atoms with Gasteiger partial charge in [0, 0.05) is 30.0 Å². The van der Waals surface area contributed by atoms with Crippen LogP contribution in [0, 0.1) is 13.8 Å². The van der Waals surface area contributed by atoms with Crippen molar-refractivity contribution in [3.8, 4) is 0 Å². The van der Waals surface area contributed by atoms with Crippen LogP contribution in [0.4, 0.5) is 0 Å². The van der Waals surface area contributed by atoms with Gasteiger partial charge in [-0.3, -0.25) is 9.59 Å². The van der Waals surface area contributed by atoms with Crippen LogP contribution in [0.25, 0.3) is 0 Å². The minimum atomic E-state index is -0.196. The Morgan fingerprint density at radius 1 is 1.21 bits per heavy atom. The summed E-state index contributed by atoms with van der Waals surface area (Å²) in [6.45, 7) is 5.06. The van der Waals surface area contributed by atoms with Crippen molar-refractivity contribution in [3.05, 3.63) is 50.7 Å². The number of piperidine rings is 1. The second-order valence-electron chi connectivity index (χ2n) is 8.58. The molecule has 7 nitrogen and oxygen atoms in total. The van der Waals surface area contributed by atoms with Crippen molar-refractivity contribution in [2.45, 2.75) is 63.7 Å². The molecule has 7 heteroatoms. The van der Waals surface area contributed by atoms with Gasteiger partial charge in [0.25, 0.3) is 11.5 Å². The predicted molar refractivity (Wildman–Crippen MR) is 103 cm³/mol. The largest absolute Gasteiger partial charge is 0.338 e. The van der Waals surface area contributed by atoms with Crippen LogP contribution in [0.2, 0.25) is 0 Å². The van der Waals surface area contributed by atoms with Gasteiger partial charge in [-0.15, -0.1) is 0 Å². The molecule has 1 saturated heterocycles. The Balaban J connectivity index is 1.51. The highest BCUT2D eigenvalue weighted by Gasteiger charge is 2.46. The summed E-state index contributed by atoms with van der Waals surface area (Å²) in [7, 11) is 0. The Morgan fingerprint density at radius 3 is 2.68 bits per heavy atom. The van der Waals surface area contributed by atoms with Crippen LogP contribution in [0.3, 0.4) is 0 Å². The topological polar surface area (TPSA) is 91.8 Å². The smallest absolute Gasteiger partial charge is 0.257 e. The molecular weight excluding hydrogens is 354 g/mol. The number of aromatic nitrogens is 4. The summed E-state index contributed by atoms with van der Waals surface area (Å²) < 4.78 is 0. The van der Waals surface area contributed by atoms with Gasteiger partial charge in [-0.25, -0.2) is 15.0 Å². The zero-order valence-electron chi connectivity index (χ0n) is 16.4. The number of nitrogens with zero attached hydrogens (tertiary/aromatic N) is 4. The van der Waals surface area contributed by atoms with E-state index in [1.165, 1.54) is 6.33 Å².